The van der Waals surface area contributed by atoms with E-state index in [9.17, 15) is 19.2 Å². The summed E-state index contributed by atoms with van der Waals surface area (Å²) in [6.45, 7) is 5.54. The topological polar surface area (TPSA) is 74.8 Å². The highest BCUT2D eigenvalue weighted by atomic mass is 35.5. The molecule has 0 bridgehead atoms. The van der Waals surface area contributed by atoms with E-state index in [4.69, 9.17) is 11.6 Å². The first-order valence-corrected chi connectivity index (χ1v) is 11.6. The van der Waals surface area contributed by atoms with E-state index < -0.39 is 35.6 Å². The van der Waals surface area contributed by atoms with Crippen LogP contribution in [0.1, 0.15) is 59.4 Å². The van der Waals surface area contributed by atoms with E-state index in [1.165, 1.54) is 12.1 Å². The summed E-state index contributed by atoms with van der Waals surface area (Å²) < 4.78 is 0. The zero-order valence-corrected chi connectivity index (χ0v) is 19.7. The third kappa shape index (κ3) is 4.32. The Balaban J connectivity index is 1.74. The molecule has 33 heavy (non-hydrogen) atoms. The van der Waals surface area contributed by atoms with E-state index >= 15 is 0 Å². The van der Waals surface area contributed by atoms with Gasteiger partial charge in [-0.05, 0) is 63.3 Å². The molecule has 1 aliphatic heterocycles. The van der Waals surface area contributed by atoms with E-state index in [1.54, 1.807) is 31.2 Å². The van der Waals surface area contributed by atoms with Gasteiger partial charge in [-0.25, -0.2) is 5.01 Å². The quantitative estimate of drug-likeness (QED) is 0.473. The highest BCUT2D eigenvalue weighted by Crippen LogP contribution is 2.41. The molecule has 0 spiro atoms. The van der Waals surface area contributed by atoms with Crippen molar-refractivity contribution < 1.29 is 19.2 Å². The number of hydrogen-bond donors (Lipinski definition) is 0. The molecule has 172 valence electrons. The van der Waals surface area contributed by atoms with Gasteiger partial charge in [0.05, 0.1) is 11.8 Å². The van der Waals surface area contributed by atoms with Gasteiger partial charge in [0.1, 0.15) is 6.04 Å². The number of nitrogens with zero attached hydrogens (tertiary/aromatic N) is 2. The number of halogens is 1. The van der Waals surface area contributed by atoms with Crippen LogP contribution in [0.4, 0.5) is 0 Å². The zero-order chi connectivity index (χ0) is 23.9. The molecule has 2 aromatic carbocycles. The fraction of sp³-hybridized carbons (Fsp3) is 0.385. The highest BCUT2D eigenvalue weighted by Gasteiger charge is 2.53. The van der Waals surface area contributed by atoms with Crippen LogP contribution in [0, 0.1) is 24.7 Å². The molecule has 3 amide bonds. The van der Waals surface area contributed by atoms with Crippen molar-refractivity contribution in [2.24, 2.45) is 17.8 Å². The van der Waals surface area contributed by atoms with Crippen LogP contribution in [0.2, 0.25) is 5.02 Å². The summed E-state index contributed by atoms with van der Waals surface area (Å²) in [5, 5.41) is 2.45. The predicted molar refractivity (Wildman–Crippen MR) is 124 cm³/mol. The van der Waals surface area contributed by atoms with Crippen LogP contribution in [0.3, 0.4) is 0 Å². The van der Waals surface area contributed by atoms with Crippen LogP contribution in [0.15, 0.2) is 48.5 Å². The van der Waals surface area contributed by atoms with Crippen LogP contribution in [-0.2, 0) is 9.59 Å². The standard InChI is InChI=1S/C26H27ClN2O4/c1-15-4-7-18(8-5-15)23(30)17(3)28(24(31)19-9-11-20(27)12-10-19)29-25(32)21-13-6-16(2)14-22(21)26(29)33/h4-5,7-12,16-17,21-22H,6,13-14H2,1-3H3/t16-,17+,21-,22+/m1/s1. The molecule has 4 atom stereocenters. The molecule has 2 aliphatic rings. The molecule has 6 nitrogen and oxygen atoms in total. The number of rotatable bonds is 5. The van der Waals surface area contributed by atoms with Gasteiger partial charge in [-0.3, -0.25) is 19.2 Å². The van der Waals surface area contributed by atoms with Crippen molar-refractivity contribution >= 4 is 35.1 Å². The fourth-order valence-electron chi connectivity index (χ4n) is 4.82. The van der Waals surface area contributed by atoms with Crippen molar-refractivity contribution in [3.8, 4) is 0 Å². The second kappa shape index (κ2) is 9.10. The lowest BCUT2D eigenvalue weighted by molar-refractivity contribution is -0.156. The number of hydrogen-bond acceptors (Lipinski definition) is 4. The smallest absolute Gasteiger partial charge is 0.273 e. The Bertz CT molecular complexity index is 1100. The summed E-state index contributed by atoms with van der Waals surface area (Å²) in [7, 11) is 0. The molecule has 1 saturated heterocycles. The Morgan fingerprint density at radius 3 is 2.15 bits per heavy atom. The van der Waals surface area contributed by atoms with E-state index in [0.29, 0.717) is 29.3 Å². The number of Topliss-reactive ketones (excluding diaryl/α,β-unsaturated/α-hetero) is 1. The number of fused-ring (bicyclic) bond motifs is 1. The number of amides is 3. The maximum absolute atomic E-state index is 13.6. The van der Waals surface area contributed by atoms with Crippen LogP contribution in [0.25, 0.3) is 0 Å². The summed E-state index contributed by atoms with van der Waals surface area (Å²) in [6.07, 6.45) is 2.07. The summed E-state index contributed by atoms with van der Waals surface area (Å²) in [5.74, 6) is -2.31. The molecule has 0 aromatic heterocycles. The molecule has 1 heterocycles. The number of ketones is 1. The molecule has 0 unspecified atom stereocenters. The lowest BCUT2D eigenvalue weighted by Gasteiger charge is -2.34. The second-order valence-electron chi connectivity index (χ2n) is 9.18. The van der Waals surface area contributed by atoms with Crippen molar-refractivity contribution in [3.05, 3.63) is 70.2 Å². The molecule has 1 aliphatic carbocycles. The summed E-state index contributed by atoms with van der Waals surface area (Å²) in [4.78, 5) is 53.8. The largest absolute Gasteiger partial charge is 0.292 e. The van der Waals surface area contributed by atoms with Gasteiger partial charge in [0.2, 0.25) is 0 Å². The Labute approximate surface area is 198 Å². The van der Waals surface area contributed by atoms with Crippen molar-refractivity contribution in [2.45, 2.75) is 46.1 Å². The Morgan fingerprint density at radius 1 is 0.939 bits per heavy atom. The molecule has 0 N–H and O–H groups in total. The van der Waals surface area contributed by atoms with Gasteiger partial charge in [-0.1, -0.05) is 48.4 Å². The van der Waals surface area contributed by atoms with Crippen molar-refractivity contribution in [3.63, 3.8) is 0 Å². The number of carbonyl (C=O) groups is 4. The first-order chi connectivity index (χ1) is 15.7. The number of benzene rings is 2. The van der Waals surface area contributed by atoms with E-state index in [1.807, 2.05) is 19.1 Å². The Morgan fingerprint density at radius 2 is 1.52 bits per heavy atom. The minimum Gasteiger partial charge on any atom is -0.292 e. The molecule has 0 radical (unpaired) electrons. The van der Waals surface area contributed by atoms with Gasteiger partial charge in [-0.15, -0.1) is 0 Å². The average Bonchev–Trinajstić information content (AvgIpc) is 3.04. The van der Waals surface area contributed by atoms with Gasteiger partial charge in [0, 0.05) is 16.1 Å². The van der Waals surface area contributed by atoms with Crippen molar-refractivity contribution in [1.82, 2.24) is 10.0 Å². The first-order valence-electron chi connectivity index (χ1n) is 11.3. The normalized spacial score (nSPS) is 23.3. The van der Waals surface area contributed by atoms with Crippen molar-refractivity contribution in [1.29, 1.82) is 0 Å². The maximum Gasteiger partial charge on any atom is 0.273 e. The van der Waals surface area contributed by atoms with E-state index in [0.717, 1.165) is 22.0 Å². The minimum atomic E-state index is -1.05. The molecule has 4 rings (SSSR count). The number of carbonyl (C=O) groups excluding carboxylic acids is 4. The van der Waals surface area contributed by atoms with E-state index in [-0.39, 0.29) is 11.3 Å². The van der Waals surface area contributed by atoms with Crippen molar-refractivity contribution in [2.75, 3.05) is 0 Å². The second-order valence-corrected chi connectivity index (χ2v) is 9.62. The third-order valence-electron chi connectivity index (χ3n) is 6.76. The molecule has 2 aromatic rings. The van der Waals surface area contributed by atoms with Crippen LogP contribution >= 0.6 is 11.6 Å². The number of hydrazine groups is 1. The summed E-state index contributed by atoms with van der Waals surface area (Å²) in [5.41, 5.74) is 1.65. The van der Waals surface area contributed by atoms with Gasteiger partial charge in [0.15, 0.2) is 5.78 Å². The summed E-state index contributed by atoms with van der Waals surface area (Å²) in [6, 6.07) is 12.1. The molecular weight excluding hydrogens is 440 g/mol. The SMILES string of the molecule is Cc1ccc(C(=O)[C@H](C)N(C(=O)c2ccc(Cl)cc2)N2C(=O)[C@H]3C[C@H](C)CC[C@H]3C2=O)cc1. The number of imide groups is 1. The van der Waals surface area contributed by atoms with Gasteiger partial charge >= 0.3 is 0 Å². The maximum atomic E-state index is 13.6. The molecule has 2 fully saturated rings. The van der Waals surface area contributed by atoms with Gasteiger partial charge < -0.3 is 0 Å². The first kappa shape index (κ1) is 23.2. The predicted octanol–water partition coefficient (Wildman–Crippen LogP) is 4.70. The Hall–Kier alpha value is -2.99. The molecule has 1 saturated carbocycles. The highest BCUT2D eigenvalue weighted by molar-refractivity contribution is 6.30. The lowest BCUT2D eigenvalue weighted by Crippen LogP contribution is -2.56. The third-order valence-corrected chi connectivity index (χ3v) is 7.01. The van der Waals surface area contributed by atoms with Gasteiger partial charge in [-0.2, -0.15) is 5.01 Å². The van der Waals surface area contributed by atoms with Gasteiger partial charge in [0.25, 0.3) is 17.7 Å². The monoisotopic (exact) mass is 466 g/mol. The minimum absolute atomic E-state index is 0.242. The molecule has 7 heteroatoms. The van der Waals surface area contributed by atoms with Crippen LogP contribution in [0.5, 0.6) is 0 Å². The van der Waals surface area contributed by atoms with Crippen LogP contribution < -0.4 is 0 Å². The summed E-state index contributed by atoms with van der Waals surface area (Å²) >= 11 is 5.97. The zero-order valence-electron chi connectivity index (χ0n) is 19.0. The number of aryl methyl sites for hydroxylation is 1. The van der Waals surface area contributed by atoms with E-state index in [2.05, 4.69) is 6.92 Å². The Kier molecular flexibility index (Phi) is 6.39. The fourth-order valence-corrected chi connectivity index (χ4v) is 4.95. The lowest BCUT2D eigenvalue weighted by atomic mass is 9.76. The van der Waals surface area contributed by atoms with Crippen LogP contribution in [-0.4, -0.2) is 39.6 Å². The molecular formula is C26H27ClN2O4. The average molecular weight is 467 g/mol.